The van der Waals surface area contributed by atoms with Gasteiger partial charge >= 0.3 is 0 Å². The topological polar surface area (TPSA) is 0 Å². The molecule has 0 N–H and O–H groups in total. The van der Waals surface area contributed by atoms with Gasteiger partial charge in [-0.15, -0.1) is 10.9 Å². The van der Waals surface area contributed by atoms with Crippen LogP contribution < -0.4 is 0 Å². The van der Waals surface area contributed by atoms with E-state index in [2.05, 4.69) is 56.8 Å². The third kappa shape index (κ3) is 2.80. The van der Waals surface area contributed by atoms with Gasteiger partial charge < -0.3 is 0 Å². The summed E-state index contributed by atoms with van der Waals surface area (Å²) >= 11 is 0. The lowest BCUT2D eigenvalue weighted by Gasteiger charge is -2.09. The lowest BCUT2D eigenvalue weighted by Crippen LogP contribution is -2.31. The summed E-state index contributed by atoms with van der Waals surface area (Å²) in [6.45, 7) is 2.26. The molecule has 0 saturated carbocycles. The van der Waals surface area contributed by atoms with E-state index in [1.165, 1.54) is 0 Å². The summed E-state index contributed by atoms with van der Waals surface area (Å²) in [4.78, 5) is 0. The molecule has 0 aromatic heterocycles. The van der Waals surface area contributed by atoms with Crippen LogP contribution in [0.15, 0.2) is 0 Å². The third-order valence-electron chi connectivity index (χ3n) is 2.59. The summed E-state index contributed by atoms with van der Waals surface area (Å²) in [5.41, 5.74) is 0.625. The highest BCUT2D eigenvalue weighted by atomic mass is 14.2. The molecule has 0 aromatic rings. The van der Waals surface area contributed by atoms with Crippen LogP contribution >= 0.6 is 0 Å². The Labute approximate surface area is 89.2 Å². The Hall–Kier alpha value is 0.649. The molecule has 0 amide bonds. The average molecular weight is 148 g/mol. The molecule has 0 spiro atoms. The van der Waals surface area contributed by atoms with Gasteiger partial charge in [-0.05, 0) is 0 Å². The van der Waals surface area contributed by atoms with E-state index >= 15 is 0 Å². The molecule has 2 fully saturated rings. The largest absolute Gasteiger partial charge is 0.112 e. The predicted octanol–water partition coefficient (Wildman–Crippen LogP) is -2.74. The standard InChI is InChI=1S/C3H4B10/c1-3-2(4-3)5-7-9-11-13-12-10-8-6-3/h2H,1H3/t2-,3+/m1/s1. The maximum Gasteiger partial charge on any atom is 0.0978 e. The van der Waals surface area contributed by atoms with Crippen LogP contribution in [0.4, 0.5) is 0 Å². The average Bonchev–Trinajstić information content (AvgIpc) is 2.73. The highest BCUT2D eigenvalue weighted by Crippen LogP contribution is 2.53. The Kier molecular flexibility index (Phi) is 3.48. The Bertz CT molecular complexity index is 172. The van der Waals surface area contributed by atoms with Crippen molar-refractivity contribution < 1.29 is 0 Å². The van der Waals surface area contributed by atoms with Crippen molar-refractivity contribution in [1.82, 2.24) is 0 Å². The molecule has 2 saturated heterocycles. The van der Waals surface area contributed by atoms with Gasteiger partial charge in [-0.2, -0.15) is 0 Å². The molecule has 10 radical (unpaired) electrons. The Morgan fingerprint density at radius 1 is 0.846 bits per heavy atom. The molecule has 2 heterocycles. The summed E-state index contributed by atoms with van der Waals surface area (Å²) in [6, 6.07) is 0. The molecule has 0 unspecified atom stereocenters. The van der Waals surface area contributed by atoms with Crippen molar-refractivity contribution in [2.45, 2.75) is 17.9 Å². The molecular formula is C3H4B10. The summed E-state index contributed by atoms with van der Waals surface area (Å²) in [7, 11) is 21.4. The number of hydrogen-bond acceptors (Lipinski definition) is 0. The first kappa shape index (κ1) is 10.2. The SMILES string of the molecule is C[C@]12[B][B][B][B][B][B][B][B][B][C@H]1[B]2. The van der Waals surface area contributed by atoms with Gasteiger partial charge in [0.25, 0.3) is 0 Å². The van der Waals surface area contributed by atoms with Gasteiger partial charge in [0.1, 0.15) is 0 Å². The minimum absolute atomic E-state index is 0.305. The second-order valence-corrected chi connectivity index (χ2v) is 3.76. The first-order valence-electron chi connectivity index (χ1n) is 4.70. The highest BCUT2D eigenvalue weighted by Gasteiger charge is 2.47. The smallest absolute Gasteiger partial charge is 0.0978 e. The second-order valence-electron chi connectivity index (χ2n) is 3.76. The van der Waals surface area contributed by atoms with E-state index in [0.717, 1.165) is 0 Å². The molecule has 0 bridgehead atoms. The van der Waals surface area contributed by atoms with Crippen LogP contribution in [0, 0.1) is 0 Å². The van der Waals surface area contributed by atoms with E-state index in [9.17, 15) is 0 Å². The van der Waals surface area contributed by atoms with Gasteiger partial charge in [0.05, 0.1) is 14.4 Å². The molecule has 46 valence electrons. The minimum atomic E-state index is 0.305. The zero-order valence-corrected chi connectivity index (χ0v) is 7.85. The van der Waals surface area contributed by atoms with E-state index in [-0.39, 0.29) is 0 Å². The molecule has 13 heavy (non-hydrogen) atoms. The first-order chi connectivity index (χ1) is 6.31. The zero-order valence-electron chi connectivity index (χ0n) is 7.85. The Morgan fingerprint density at radius 3 is 2.23 bits per heavy atom. The molecular weight excluding hydrogens is 144 g/mol. The fourth-order valence-corrected chi connectivity index (χ4v) is 1.54. The van der Waals surface area contributed by atoms with Crippen LogP contribution in [0.2, 0.25) is 10.9 Å². The molecule has 10 heteroatoms. The Morgan fingerprint density at radius 2 is 1.46 bits per heavy atom. The molecule has 2 rings (SSSR count). The monoisotopic (exact) mass is 150 g/mol. The number of fused-ring (bicyclic) bond motifs is 1. The van der Waals surface area contributed by atoms with Gasteiger partial charge in [0.15, 0.2) is 0 Å². The van der Waals surface area contributed by atoms with Crippen molar-refractivity contribution in [2.24, 2.45) is 0 Å². The van der Waals surface area contributed by atoms with Crippen LogP contribution in [0.1, 0.15) is 6.92 Å². The third-order valence-corrected chi connectivity index (χ3v) is 2.59. The Balaban J connectivity index is 1.79. The zero-order chi connectivity index (χ0) is 9.15. The van der Waals surface area contributed by atoms with Crippen molar-refractivity contribution in [1.29, 1.82) is 0 Å². The predicted molar refractivity (Wildman–Crippen MR) is 69.7 cm³/mol. The fourth-order valence-electron chi connectivity index (χ4n) is 1.54. The van der Waals surface area contributed by atoms with E-state index in [1.807, 2.05) is 21.2 Å². The van der Waals surface area contributed by atoms with Crippen molar-refractivity contribution in [2.75, 3.05) is 0 Å². The quantitative estimate of drug-likeness (QED) is 0.327. The normalized spacial score (nSPS) is 35.6. The molecule has 0 nitrogen and oxygen atoms in total. The van der Waals surface area contributed by atoms with E-state index in [4.69, 9.17) is 0 Å². The lowest BCUT2D eigenvalue weighted by molar-refractivity contribution is 1.05. The van der Waals surface area contributed by atoms with Crippen molar-refractivity contribution >= 4 is 71.0 Å². The van der Waals surface area contributed by atoms with Crippen molar-refractivity contribution in [3.8, 4) is 0 Å². The molecule has 2 aliphatic rings. The van der Waals surface area contributed by atoms with Crippen LogP contribution in [0.25, 0.3) is 0 Å². The summed E-state index contributed by atoms with van der Waals surface area (Å²) in [6.07, 6.45) is 0. The van der Waals surface area contributed by atoms with Crippen molar-refractivity contribution in [3.05, 3.63) is 0 Å². The van der Waals surface area contributed by atoms with E-state index in [1.54, 1.807) is 0 Å². The molecule has 2 atom stereocenters. The number of rotatable bonds is 0. The van der Waals surface area contributed by atoms with Crippen LogP contribution in [0.5, 0.6) is 0 Å². The van der Waals surface area contributed by atoms with Gasteiger partial charge in [0, 0.05) is 56.6 Å². The highest BCUT2D eigenvalue weighted by molar-refractivity contribution is 7.68. The molecule has 2 aliphatic heterocycles. The summed E-state index contributed by atoms with van der Waals surface area (Å²) < 4.78 is 0. The summed E-state index contributed by atoms with van der Waals surface area (Å²) in [5, 5.41) is 0.305. The van der Waals surface area contributed by atoms with Gasteiger partial charge in [-0.25, -0.2) is 0 Å². The van der Waals surface area contributed by atoms with Gasteiger partial charge in [-0.1, -0.05) is 6.92 Å². The van der Waals surface area contributed by atoms with Crippen molar-refractivity contribution in [3.63, 3.8) is 0 Å². The number of hydrogen-bond donors (Lipinski definition) is 0. The van der Waals surface area contributed by atoms with Crippen LogP contribution in [0.3, 0.4) is 0 Å². The second kappa shape index (κ2) is 4.45. The van der Waals surface area contributed by atoms with Gasteiger partial charge in [-0.3, -0.25) is 0 Å². The summed E-state index contributed by atoms with van der Waals surface area (Å²) in [5.74, 6) is 0. The minimum Gasteiger partial charge on any atom is -0.112 e. The van der Waals surface area contributed by atoms with Crippen LogP contribution in [-0.2, 0) is 0 Å². The van der Waals surface area contributed by atoms with E-state index in [0.29, 0.717) is 10.9 Å². The van der Waals surface area contributed by atoms with Gasteiger partial charge in [0.2, 0.25) is 0 Å². The molecule has 0 aromatic carbocycles. The first-order valence-corrected chi connectivity index (χ1v) is 4.70. The fraction of sp³-hybridized carbons (Fsp3) is 1.00. The van der Waals surface area contributed by atoms with E-state index < -0.39 is 0 Å². The maximum absolute atomic E-state index is 2.35. The molecule has 0 aliphatic carbocycles. The van der Waals surface area contributed by atoms with Crippen LogP contribution in [-0.4, -0.2) is 71.0 Å². The lowest BCUT2D eigenvalue weighted by atomic mass is 8.89. The maximum atomic E-state index is 2.35.